The first-order valence-corrected chi connectivity index (χ1v) is 7.16. The fourth-order valence-corrected chi connectivity index (χ4v) is 2.46. The van der Waals surface area contributed by atoms with E-state index in [1.54, 1.807) is 20.9 Å². The van der Waals surface area contributed by atoms with Crippen molar-refractivity contribution in [2.45, 2.75) is 38.3 Å². The maximum absolute atomic E-state index is 12.2. The molecule has 1 saturated carbocycles. The van der Waals surface area contributed by atoms with Crippen LogP contribution in [0.5, 0.6) is 0 Å². The largest absolute Gasteiger partial charge is 0.389 e. The molecule has 110 valence electrons. The van der Waals surface area contributed by atoms with Gasteiger partial charge in [-0.15, -0.1) is 0 Å². The van der Waals surface area contributed by atoms with Gasteiger partial charge in [0.05, 0.1) is 18.2 Å². The average Bonchev–Trinajstić information content (AvgIpc) is 3.19. The lowest BCUT2D eigenvalue weighted by atomic mass is 10.0. The molecule has 1 aliphatic carbocycles. The van der Waals surface area contributed by atoms with E-state index in [1.165, 1.54) is 4.90 Å². The summed E-state index contributed by atoms with van der Waals surface area (Å²) in [4.78, 5) is 13.8. The lowest BCUT2D eigenvalue weighted by molar-refractivity contribution is 0.0526. The molecule has 20 heavy (non-hydrogen) atoms. The molecule has 0 aliphatic heterocycles. The zero-order chi connectivity index (χ0) is 14.8. The Labute approximate surface area is 120 Å². The number of carbonyl (C=O) groups is 1. The second kappa shape index (κ2) is 5.83. The smallest absolute Gasteiger partial charge is 0.317 e. The summed E-state index contributed by atoms with van der Waals surface area (Å²) in [5.74, 6) is 0.539. The summed E-state index contributed by atoms with van der Waals surface area (Å²) in [5.41, 5.74) is 0.272. The monoisotopic (exact) mass is 276 g/mol. The number of carbonyl (C=O) groups excluding carboxylic acids is 1. The molecule has 0 spiro atoms. The molecular formula is C16H24N2O2. The Kier molecular flexibility index (Phi) is 4.33. The standard InChI is InChI=1S/C16H24N2O2/c1-16(2,20)11-18(3)15(19)17-14(13-9-10-13)12-7-5-4-6-8-12/h4-8,13-14,20H,9-11H2,1-3H3,(H,17,19). The molecule has 4 nitrogen and oxygen atoms in total. The van der Waals surface area contributed by atoms with E-state index in [1.807, 2.05) is 18.2 Å². The van der Waals surface area contributed by atoms with Gasteiger partial charge in [0.15, 0.2) is 0 Å². The Bertz CT molecular complexity index is 449. The van der Waals surface area contributed by atoms with Crippen LogP contribution >= 0.6 is 0 Å². The van der Waals surface area contributed by atoms with Crippen LogP contribution in [0.3, 0.4) is 0 Å². The maximum Gasteiger partial charge on any atom is 0.317 e. The van der Waals surface area contributed by atoms with Gasteiger partial charge in [-0.1, -0.05) is 30.3 Å². The van der Waals surface area contributed by atoms with Gasteiger partial charge < -0.3 is 15.3 Å². The van der Waals surface area contributed by atoms with E-state index >= 15 is 0 Å². The molecule has 1 fully saturated rings. The lowest BCUT2D eigenvalue weighted by Crippen LogP contribution is -2.46. The molecule has 0 aromatic heterocycles. The summed E-state index contributed by atoms with van der Waals surface area (Å²) < 4.78 is 0. The van der Waals surface area contributed by atoms with E-state index in [-0.39, 0.29) is 12.1 Å². The van der Waals surface area contributed by atoms with E-state index < -0.39 is 5.60 Å². The molecule has 2 rings (SSSR count). The van der Waals surface area contributed by atoms with Crippen molar-refractivity contribution in [3.63, 3.8) is 0 Å². The Morgan fingerprint density at radius 1 is 1.40 bits per heavy atom. The molecule has 0 saturated heterocycles. The molecule has 0 radical (unpaired) electrons. The van der Waals surface area contributed by atoms with Gasteiger partial charge in [0, 0.05) is 7.05 Å². The zero-order valence-electron chi connectivity index (χ0n) is 12.5. The van der Waals surface area contributed by atoms with Gasteiger partial charge in [-0.3, -0.25) is 0 Å². The van der Waals surface area contributed by atoms with Gasteiger partial charge in [-0.05, 0) is 38.2 Å². The van der Waals surface area contributed by atoms with Gasteiger partial charge in [-0.2, -0.15) is 0 Å². The topological polar surface area (TPSA) is 52.6 Å². The Hall–Kier alpha value is -1.55. The van der Waals surface area contributed by atoms with E-state index in [2.05, 4.69) is 17.4 Å². The summed E-state index contributed by atoms with van der Waals surface area (Å²) in [6, 6.07) is 10.0. The number of nitrogens with one attached hydrogen (secondary N) is 1. The number of hydrogen-bond acceptors (Lipinski definition) is 2. The number of benzene rings is 1. The van der Waals surface area contributed by atoms with E-state index in [9.17, 15) is 9.90 Å². The predicted molar refractivity (Wildman–Crippen MR) is 79.4 cm³/mol. The molecule has 0 heterocycles. The van der Waals surface area contributed by atoms with Crippen LogP contribution in [0.4, 0.5) is 4.79 Å². The number of urea groups is 1. The van der Waals surface area contributed by atoms with Crippen molar-refractivity contribution in [3.8, 4) is 0 Å². The summed E-state index contributed by atoms with van der Waals surface area (Å²) in [5, 5.41) is 12.9. The van der Waals surface area contributed by atoms with Crippen LogP contribution in [0.25, 0.3) is 0 Å². The van der Waals surface area contributed by atoms with Crippen molar-refractivity contribution >= 4 is 6.03 Å². The fraction of sp³-hybridized carbons (Fsp3) is 0.562. The highest BCUT2D eigenvalue weighted by Crippen LogP contribution is 2.40. The molecule has 2 N–H and O–H groups in total. The first-order chi connectivity index (χ1) is 9.37. The summed E-state index contributed by atoms with van der Waals surface area (Å²) in [6.45, 7) is 3.71. The summed E-state index contributed by atoms with van der Waals surface area (Å²) in [6.07, 6.45) is 2.32. The van der Waals surface area contributed by atoms with Crippen LogP contribution in [0.1, 0.15) is 38.3 Å². The fourth-order valence-electron chi connectivity index (χ4n) is 2.46. The third-order valence-electron chi connectivity index (χ3n) is 3.50. The number of nitrogens with zero attached hydrogens (tertiary/aromatic N) is 1. The van der Waals surface area contributed by atoms with Crippen molar-refractivity contribution in [2.24, 2.45) is 5.92 Å². The first-order valence-electron chi connectivity index (χ1n) is 7.16. The van der Waals surface area contributed by atoms with Crippen molar-refractivity contribution in [1.29, 1.82) is 0 Å². The van der Waals surface area contributed by atoms with Gasteiger partial charge in [-0.25, -0.2) is 4.79 Å². The van der Waals surface area contributed by atoms with E-state index in [0.29, 0.717) is 12.5 Å². The molecule has 0 bridgehead atoms. The van der Waals surface area contributed by atoms with E-state index in [4.69, 9.17) is 0 Å². The Morgan fingerprint density at radius 3 is 2.50 bits per heavy atom. The highest BCUT2D eigenvalue weighted by molar-refractivity contribution is 5.74. The van der Waals surface area contributed by atoms with Gasteiger partial charge in [0.1, 0.15) is 0 Å². The van der Waals surface area contributed by atoms with Crippen LogP contribution in [-0.2, 0) is 0 Å². The minimum Gasteiger partial charge on any atom is -0.389 e. The van der Waals surface area contributed by atoms with Crippen LogP contribution in [0.2, 0.25) is 0 Å². The van der Waals surface area contributed by atoms with Crippen molar-refractivity contribution in [3.05, 3.63) is 35.9 Å². The van der Waals surface area contributed by atoms with Crippen molar-refractivity contribution in [2.75, 3.05) is 13.6 Å². The quantitative estimate of drug-likeness (QED) is 0.868. The molecule has 1 aromatic carbocycles. The maximum atomic E-state index is 12.2. The predicted octanol–water partition coefficient (Wildman–Crippen LogP) is 2.55. The summed E-state index contributed by atoms with van der Waals surface area (Å²) >= 11 is 0. The van der Waals surface area contributed by atoms with Crippen LogP contribution in [0.15, 0.2) is 30.3 Å². The first kappa shape index (κ1) is 14.9. The van der Waals surface area contributed by atoms with Gasteiger partial charge in [0.25, 0.3) is 0 Å². The number of amides is 2. The van der Waals surface area contributed by atoms with Gasteiger partial charge in [0.2, 0.25) is 0 Å². The highest BCUT2D eigenvalue weighted by atomic mass is 16.3. The molecule has 1 unspecified atom stereocenters. The van der Waals surface area contributed by atoms with Crippen molar-refractivity contribution in [1.82, 2.24) is 10.2 Å². The van der Waals surface area contributed by atoms with Crippen molar-refractivity contribution < 1.29 is 9.90 Å². The van der Waals surface area contributed by atoms with Crippen LogP contribution < -0.4 is 5.32 Å². The van der Waals surface area contributed by atoms with E-state index in [0.717, 1.165) is 18.4 Å². The Balaban J connectivity index is 2.00. The zero-order valence-corrected chi connectivity index (χ0v) is 12.5. The second-order valence-electron chi connectivity index (χ2n) is 6.34. The normalized spacial score (nSPS) is 16.6. The molecule has 1 aromatic rings. The van der Waals surface area contributed by atoms with Crippen LogP contribution in [0, 0.1) is 5.92 Å². The van der Waals surface area contributed by atoms with Crippen LogP contribution in [-0.4, -0.2) is 35.2 Å². The molecule has 4 heteroatoms. The number of aliphatic hydroxyl groups is 1. The minimum absolute atomic E-state index is 0.0768. The minimum atomic E-state index is -0.881. The number of hydrogen-bond donors (Lipinski definition) is 2. The molecule has 1 atom stereocenters. The average molecular weight is 276 g/mol. The lowest BCUT2D eigenvalue weighted by Gasteiger charge is -2.28. The third-order valence-corrected chi connectivity index (χ3v) is 3.50. The number of likely N-dealkylation sites (N-methyl/N-ethyl adjacent to an activating group) is 1. The SMILES string of the molecule is CN(CC(C)(C)O)C(=O)NC(c1ccccc1)C1CC1. The molecule has 2 amide bonds. The second-order valence-corrected chi connectivity index (χ2v) is 6.34. The Morgan fingerprint density at radius 2 is 2.00 bits per heavy atom. The molecule has 1 aliphatic rings. The summed E-state index contributed by atoms with van der Waals surface area (Å²) in [7, 11) is 1.71. The third kappa shape index (κ3) is 4.23. The highest BCUT2D eigenvalue weighted by Gasteiger charge is 2.34. The number of rotatable bonds is 5. The van der Waals surface area contributed by atoms with Gasteiger partial charge >= 0.3 is 6.03 Å². The molecular weight excluding hydrogens is 252 g/mol.